The summed E-state index contributed by atoms with van der Waals surface area (Å²) in [6.07, 6.45) is 1.55. The summed E-state index contributed by atoms with van der Waals surface area (Å²) in [5, 5.41) is 0. The number of fused-ring (bicyclic) bond motifs is 1. The Balaban J connectivity index is 1.21. The van der Waals surface area contributed by atoms with Crippen LogP contribution in [0.4, 0.5) is 4.79 Å². The van der Waals surface area contributed by atoms with Crippen LogP contribution in [0.25, 0.3) is 5.57 Å². The smallest absolute Gasteiger partial charge is 0.339 e. The van der Waals surface area contributed by atoms with Gasteiger partial charge in [-0.3, -0.25) is 14.5 Å². The summed E-state index contributed by atoms with van der Waals surface area (Å²) < 4.78 is 0. The number of hydrogen-bond acceptors (Lipinski definition) is 5. The number of benzene rings is 2. The Morgan fingerprint density at radius 1 is 0.848 bits per heavy atom. The number of hydrogen-bond donors (Lipinski definition) is 0. The molecule has 2 aromatic rings. The molecule has 8 heteroatoms. The molecule has 4 amide bonds. The molecular weight excluding hydrogens is 418 g/mol. The van der Waals surface area contributed by atoms with Crippen LogP contribution < -0.4 is 0 Å². The summed E-state index contributed by atoms with van der Waals surface area (Å²) in [7, 11) is 0. The minimum absolute atomic E-state index is 0.105. The topological polar surface area (TPSA) is 85.6 Å². The first kappa shape index (κ1) is 21.0. The monoisotopic (exact) mass is 441 g/mol. The third-order valence-corrected chi connectivity index (χ3v) is 6.04. The van der Waals surface area contributed by atoms with Crippen molar-refractivity contribution < 1.29 is 14.4 Å². The average molecular weight is 441 g/mol. The predicted octanol–water partition coefficient (Wildman–Crippen LogP) is 2.23. The Bertz CT molecular complexity index is 1180. The molecule has 5 rings (SSSR count). The number of aliphatic imine (C=N–C) groups is 2. The van der Waals surface area contributed by atoms with E-state index in [1.54, 1.807) is 11.1 Å². The van der Waals surface area contributed by atoms with E-state index in [2.05, 4.69) is 27.0 Å². The van der Waals surface area contributed by atoms with Gasteiger partial charge in [0.2, 0.25) is 5.91 Å². The van der Waals surface area contributed by atoms with Crippen LogP contribution in [0.5, 0.6) is 0 Å². The van der Waals surface area contributed by atoms with Crippen LogP contribution in [0.3, 0.4) is 0 Å². The van der Waals surface area contributed by atoms with Crippen molar-refractivity contribution >= 4 is 34.8 Å². The minimum Gasteiger partial charge on any atom is -0.339 e. The highest BCUT2D eigenvalue weighted by molar-refractivity contribution is 6.78. The lowest BCUT2D eigenvalue weighted by atomic mass is 9.99. The van der Waals surface area contributed by atoms with E-state index in [-0.39, 0.29) is 23.9 Å². The first-order valence-electron chi connectivity index (χ1n) is 10.9. The Labute approximate surface area is 191 Å². The molecule has 3 aliphatic rings. The zero-order chi connectivity index (χ0) is 22.8. The fourth-order valence-corrected chi connectivity index (χ4v) is 4.22. The summed E-state index contributed by atoms with van der Waals surface area (Å²) in [6, 6.07) is 18.8. The van der Waals surface area contributed by atoms with Gasteiger partial charge in [0.1, 0.15) is 12.3 Å². The predicted molar refractivity (Wildman–Crippen MR) is 125 cm³/mol. The minimum atomic E-state index is -0.728. The van der Waals surface area contributed by atoms with Crippen LogP contribution in [0.1, 0.15) is 11.1 Å². The third kappa shape index (κ3) is 4.25. The van der Waals surface area contributed by atoms with Gasteiger partial charge in [0.25, 0.3) is 5.91 Å². The van der Waals surface area contributed by atoms with E-state index >= 15 is 0 Å². The Hall–Kier alpha value is -3.91. The van der Waals surface area contributed by atoms with E-state index in [0.29, 0.717) is 18.7 Å². The summed E-state index contributed by atoms with van der Waals surface area (Å²) in [4.78, 5) is 51.6. The van der Waals surface area contributed by atoms with E-state index in [9.17, 15) is 14.4 Å². The van der Waals surface area contributed by atoms with Gasteiger partial charge in [-0.1, -0.05) is 60.7 Å². The van der Waals surface area contributed by atoms with Crippen LogP contribution in [0, 0.1) is 0 Å². The van der Waals surface area contributed by atoms with Crippen molar-refractivity contribution in [3.8, 4) is 0 Å². The molecule has 3 aliphatic heterocycles. The van der Waals surface area contributed by atoms with E-state index in [4.69, 9.17) is 0 Å². The van der Waals surface area contributed by atoms with Crippen molar-refractivity contribution in [3.05, 3.63) is 78.0 Å². The molecular formula is C25H23N5O3. The first-order chi connectivity index (χ1) is 16.1. The van der Waals surface area contributed by atoms with Crippen LogP contribution in [0.15, 0.2) is 76.8 Å². The molecule has 0 bridgehead atoms. The number of rotatable bonds is 5. The van der Waals surface area contributed by atoms with E-state index in [0.717, 1.165) is 30.1 Å². The van der Waals surface area contributed by atoms with Gasteiger partial charge in [-0.05, 0) is 11.1 Å². The van der Waals surface area contributed by atoms with Crippen molar-refractivity contribution in [2.75, 3.05) is 32.7 Å². The first-order valence-corrected chi connectivity index (χ1v) is 10.9. The van der Waals surface area contributed by atoms with Crippen molar-refractivity contribution in [1.82, 2.24) is 14.7 Å². The van der Waals surface area contributed by atoms with Crippen LogP contribution >= 0.6 is 0 Å². The van der Waals surface area contributed by atoms with Crippen molar-refractivity contribution in [3.63, 3.8) is 0 Å². The number of allylic oxidation sites excluding steroid dienone is 1. The molecule has 3 heterocycles. The summed E-state index contributed by atoms with van der Waals surface area (Å²) >= 11 is 0. The summed E-state index contributed by atoms with van der Waals surface area (Å²) in [5.74, 6) is -0.840. The molecule has 166 valence electrons. The number of piperazine rings is 1. The molecule has 1 saturated heterocycles. The standard InChI is InChI=1S/C25H23N5O3/c31-21(29-13-11-28(12-14-29)16-18-7-3-1-4-8-18)17-30-24(32)23-22(27-25(30)33)20(15-26-23)19-9-5-2-6-10-19/h1-10,15H,11-14,16-17H2. The van der Waals surface area contributed by atoms with E-state index in [1.165, 1.54) is 5.56 Å². The van der Waals surface area contributed by atoms with Crippen molar-refractivity contribution in [1.29, 1.82) is 0 Å². The third-order valence-electron chi connectivity index (χ3n) is 6.04. The van der Waals surface area contributed by atoms with Gasteiger partial charge in [-0.25, -0.2) is 14.7 Å². The number of urea groups is 1. The van der Waals surface area contributed by atoms with Gasteiger partial charge in [0, 0.05) is 44.5 Å². The molecule has 0 unspecified atom stereocenters. The zero-order valence-electron chi connectivity index (χ0n) is 18.1. The number of nitrogens with zero attached hydrogens (tertiary/aromatic N) is 5. The summed E-state index contributed by atoms with van der Waals surface area (Å²) in [6.45, 7) is 3.09. The maximum atomic E-state index is 12.9. The quantitative estimate of drug-likeness (QED) is 0.712. The SMILES string of the molecule is O=C(CN1C(=O)N=C2C(c3ccccc3)=CN=C2C1=O)N1CCN(Cc2ccccc2)CC1. The van der Waals surface area contributed by atoms with Crippen LogP contribution in [-0.4, -0.2) is 76.7 Å². The lowest BCUT2D eigenvalue weighted by Crippen LogP contribution is -2.54. The second-order valence-corrected chi connectivity index (χ2v) is 8.16. The van der Waals surface area contributed by atoms with Gasteiger partial charge in [0.05, 0.1) is 0 Å². The number of imide groups is 1. The molecule has 0 aliphatic carbocycles. The van der Waals surface area contributed by atoms with Crippen LogP contribution in [-0.2, 0) is 16.1 Å². The molecule has 2 aromatic carbocycles. The molecule has 8 nitrogen and oxygen atoms in total. The number of amides is 4. The summed E-state index contributed by atoms with van der Waals surface area (Å²) in [5.41, 5.74) is 3.07. The Morgan fingerprint density at radius 3 is 2.21 bits per heavy atom. The lowest BCUT2D eigenvalue weighted by Gasteiger charge is -2.35. The van der Waals surface area contributed by atoms with Gasteiger partial charge in [0.15, 0.2) is 5.71 Å². The maximum absolute atomic E-state index is 12.9. The van der Waals surface area contributed by atoms with Gasteiger partial charge in [-0.15, -0.1) is 0 Å². The van der Waals surface area contributed by atoms with Gasteiger partial charge >= 0.3 is 6.03 Å². The number of carbonyl (C=O) groups is 3. The maximum Gasteiger partial charge on any atom is 0.351 e. The normalized spacial score (nSPS) is 18.6. The molecule has 0 radical (unpaired) electrons. The molecule has 0 spiro atoms. The Kier molecular flexibility index (Phi) is 5.66. The molecule has 0 saturated carbocycles. The highest BCUT2D eigenvalue weighted by atomic mass is 16.2. The second-order valence-electron chi connectivity index (χ2n) is 8.16. The average Bonchev–Trinajstić information content (AvgIpc) is 3.27. The molecule has 0 N–H and O–H groups in total. The largest absolute Gasteiger partial charge is 0.351 e. The molecule has 0 atom stereocenters. The highest BCUT2D eigenvalue weighted by Crippen LogP contribution is 2.25. The zero-order valence-corrected chi connectivity index (χ0v) is 18.1. The highest BCUT2D eigenvalue weighted by Gasteiger charge is 2.39. The van der Waals surface area contributed by atoms with Gasteiger partial charge in [-0.2, -0.15) is 4.99 Å². The van der Waals surface area contributed by atoms with Crippen LogP contribution in [0.2, 0.25) is 0 Å². The second kappa shape index (κ2) is 8.91. The van der Waals surface area contributed by atoms with E-state index < -0.39 is 11.9 Å². The van der Waals surface area contributed by atoms with Gasteiger partial charge < -0.3 is 4.90 Å². The molecule has 0 aromatic heterocycles. The van der Waals surface area contributed by atoms with E-state index in [1.807, 2.05) is 48.5 Å². The fraction of sp³-hybridized carbons (Fsp3) is 0.240. The number of carbonyl (C=O) groups excluding carboxylic acids is 3. The van der Waals surface area contributed by atoms with Crippen molar-refractivity contribution in [2.45, 2.75) is 6.54 Å². The fourth-order valence-electron chi connectivity index (χ4n) is 4.22. The Morgan fingerprint density at radius 2 is 1.52 bits per heavy atom. The lowest BCUT2D eigenvalue weighted by molar-refractivity contribution is -0.137. The molecule has 33 heavy (non-hydrogen) atoms. The molecule has 1 fully saturated rings. The van der Waals surface area contributed by atoms with Crippen molar-refractivity contribution in [2.24, 2.45) is 9.98 Å².